The van der Waals surface area contributed by atoms with Crippen LogP contribution >= 0.6 is 11.3 Å². The molecule has 0 N–H and O–H groups in total. The van der Waals surface area contributed by atoms with E-state index >= 15 is 0 Å². The van der Waals surface area contributed by atoms with Crippen molar-refractivity contribution in [3.63, 3.8) is 0 Å². The van der Waals surface area contributed by atoms with Crippen molar-refractivity contribution in [3.8, 4) is 0 Å². The van der Waals surface area contributed by atoms with Gasteiger partial charge < -0.3 is 4.90 Å². The lowest BCUT2D eigenvalue weighted by molar-refractivity contribution is -0.117. The highest BCUT2D eigenvalue weighted by molar-refractivity contribution is 7.17. The SMILES string of the molecule is CCN1C(=O)CN=C(C)c2c1sc(C)c2C. The lowest BCUT2D eigenvalue weighted by atomic mass is 10.1. The number of thiophene rings is 1. The maximum absolute atomic E-state index is 11.9. The Labute approximate surface area is 99.8 Å². The van der Waals surface area contributed by atoms with E-state index in [1.165, 1.54) is 10.4 Å². The molecule has 1 aliphatic rings. The number of carbonyl (C=O) groups is 1. The van der Waals surface area contributed by atoms with Crippen LogP contribution in [0.3, 0.4) is 0 Å². The molecule has 3 nitrogen and oxygen atoms in total. The highest BCUT2D eigenvalue weighted by Gasteiger charge is 2.25. The van der Waals surface area contributed by atoms with Gasteiger partial charge in [0.2, 0.25) is 5.91 Å². The average Bonchev–Trinajstić information content (AvgIpc) is 2.46. The summed E-state index contributed by atoms with van der Waals surface area (Å²) in [7, 11) is 0. The molecule has 1 aromatic heterocycles. The molecule has 1 amide bonds. The molecule has 2 rings (SSSR count). The van der Waals surface area contributed by atoms with Crippen LogP contribution in [-0.4, -0.2) is 24.7 Å². The van der Waals surface area contributed by atoms with E-state index in [0.29, 0.717) is 6.54 Å². The second-order valence-corrected chi connectivity index (χ2v) is 5.21. The molecule has 0 saturated heterocycles. The number of carbonyl (C=O) groups excluding carboxylic acids is 1. The summed E-state index contributed by atoms with van der Waals surface area (Å²) in [4.78, 5) is 19.4. The molecule has 0 unspecified atom stereocenters. The number of aliphatic imine (C=N–C) groups is 1. The Morgan fingerprint density at radius 1 is 1.38 bits per heavy atom. The summed E-state index contributed by atoms with van der Waals surface area (Å²) in [5, 5.41) is 1.07. The Hall–Kier alpha value is -1.16. The standard InChI is InChI=1S/C12H16N2OS/c1-5-14-10(15)6-13-8(3)11-7(2)9(4)16-12(11)14/h5-6H2,1-4H3. The zero-order valence-electron chi connectivity index (χ0n) is 10.1. The number of aryl methyl sites for hydroxylation is 1. The van der Waals surface area contributed by atoms with E-state index in [-0.39, 0.29) is 12.5 Å². The van der Waals surface area contributed by atoms with Crippen molar-refractivity contribution >= 4 is 28.0 Å². The zero-order chi connectivity index (χ0) is 11.9. The average molecular weight is 236 g/mol. The lowest BCUT2D eigenvalue weighted by Crippen LogP contribution is -2.31. The van der Waals surface area contributed by atoms with Gasteiger partial charge in [-0.2, -0.15) is 0 Å². The number of hydrogen-bond acceptors (Lipinski definition) is 3. The molecule has 86 valence electrons. The Balaban J connectivity index is 2.66. The molecule has 0 saturated carbocycles. The van der Waals surface area contributed by atoms with Crippen molar-refractivity contribution in [1.29, 1.82) is 0 Å². The second kappa shape index (κ2) is 4.01. The first-order chi connectivity index (χ1) is 7.56. The highest BCUT2D eigenvalue weighted by atomic mass is 32.1. The summed E-state index contributed by atoms with van der Waals surface area (Å²) in [5.41, 5.74) is 3.41. The Kier molecular flexibility index (Phi) is 2.84. The van der Waals surface area contributed by atoms with Crippen LogP contribution in [0.5, 0.6) is 0 Å². The molecule has 0 fully saturated rings. The minimum Gasteiger partial charge on any atom is -0.302 e. The molecule has 2 heterocycles. The summed E-state index contributed by atoms with van der Waals surface area (Å²) >= 11 is 1.69. The van der Waals surface area contributed by atoms with Crippen LogP contribution < -0.4 is 4.90 Å². The molecular formula is C12H16N2OS. The quantitative estimate of drug-likeness (QED) is 0.737. The fraction of sp³-hybridized carbons (Fsp3) is 0.500. The maximum Gasteiger partial charge on any atom is 0.249 e. The van der Waals surface area contributed by atoms with Gasteiger partial charge in [-0.25, -0.2) is 0 Å². The van der Waals surface area contributed by atoms with Gasteiger partial charge in [0.05, 0.1) is 0 Å². The first-order valence-corrected chi connectivity index (χ1v) is 6.29. The molecule has 16 heavy (non-hydrogen) atoms. The molecule has 0 aliphatic carbocycles. The highest BCUT2D eigenvalue weighted by Crippen LogP contribution is 2.37. The van der Waals surface area contributed by atoms with Gasteiger partial charge in [0.1, 0.15) is 11.5 Å². The molecule has 0 atom stereocenters. The molecular weight excluding hydrogens is 220 g/mol. The minimum absolute atomic E-state index is 0.0989. The monoisotopic (exact) mass is 236 g/mol. The summed E-state index contributed by atoms with van der Waals surface area (Å²) in [6.07, 6.45) is 0. The summed E-state index contributed by atoms with van der Waals surface area (Å²) in [5.74, 6) is 0.0989. The summed E-state index contributed by atoms with van der Waals surface area (Å²) in [6, 6.07) is 0. The topological polar surface area (TPSA) is 32.7 Å². The molecule has 0 spiro atoms. The molecule has 1 aliphatic heterocycles. The molecule has 0 aromatic carbocycles. The normalized spacial score (nSPS) is 15.9. The Morgan fingerprint density at radius 2 is 2.06 bits per heavy atom. The number of rotatable bonds is 1. The number of anilines is 1. The van der Waals surface area contributed by atoms with Gasteiger partial charge in [-0.3, -0.25) is 9.79 Å². The first-order valence-electron chi connectivity index (χ1n) is 5.48. The van der Waals surface area contributed by atoms with E-state index in [1.807, 2.05) is 18.7 Å². The van der Waals surface area contributed by atoms with Gasteiger partial charge in [0, 0.05) is 22.7 Å². The first kappa shape index (κ1) is 11.3. The molecule has 0 bridgehead atoms. The predicted molar refractivity (Wildman–Crippen MR) is 68.9 cm³/mol. The van der Waals surface area contributed by atoms with Gasteiger partial charge in [-0.15, -0.1) is 11.3 Å². The van der Waals surface area contributed by atoms with E-state index in [4.69, 9.17) is 0 Å². The third-order valence-electron chi connectivity index (χ3n) is 3.04. The third-order valence-corrected chi connectivity index (χ3v) is 4.27. The maximum atomic E-state index is 11.9. The van der Waals surface area contributed by atoms with E-state index in [9.17, 15) is 4.79 Å². The van der Waals surface area contributed by atoms with Crippen LogP contribution in [0.1, 0.15) is 29.9 Å². The Bertz CT molecular complexity index is 474. The zero-order valence-corrected chi connectivity index (χ0v) is 10.9. The van der Waals surface area contributed by atoms with Crippen molar-refractivity contribution in [3.05, 3.63) is 16.0 Å². The van der Waals surface area contributed by atoms with Gasteiger partial charge in [0.15, 0.2) is 0 Å². The van der Waals surface area contributed by atoms with Gasteiger partial charge in [-0.05, 0) is 33.3 Å². The van der Waals surface area contributed by atoms with E-state index in [0.717, 1.165) is 16.3 Å². The largest absolute Gasteiger partial charge is 0.302 e. The van der Waals surface area contributed by atoms with Crippen molar-refractivity contribution in [2.24, 2.45) is 4.99 Å². The molecule has 4 heteroatoms. The number of likely N-dealkylation sites (N-methyl/N-ethyl adjacent to an activating group) is 1. The van der Waals surface area contributed by atoms with Crippen molar-refractivity contribution < 1.29 is 4.79 Å². The predicted octanol–water partition coefficient (Wildman–Crippen LogP) is 2.54. The van der Waals surface area contributed by atoms with Crippen LogP contribution in [0.25, 0.3) is 0 Å². The van der Waals surface area contributed by atoms with Gasteiger partial charge in [0.25, 0.3) is 0 Å². The van der Waals surface area contributed by atoms with E-state index in [2.05, 4.69) is 18.8 Å². The minimum atomic E-state index is 0.0989. The third kappa shape index (κ3) is 1.57. The van der Waals surface area contributed by atoms with Crippen molar-refractivity contribution in [1.82, 2.24) is 0 Å². The van der Waals surface area contributed by atoms with E-state index < -0.39 is 0 Å². The van der Waals surface area contributed by atoms with Crippen LogP contribution in [-0.2, 0) is 4.79 Å². The fourth-order valence-corrected chi connectivity index (χ4v) is 3.30. The van der Waals surface area contributed by atoms with Crippen LogP contribution in [0.15, 0.2) is 4.99 Å². The fourth-order valence-electron chi connectivity index (χ4n) is 2.01. The number of amides is 1. The summed E-state index contributed by atoms with van der Waals surface area (Å²) in [6.45, 7) is 9.19. The van der Waals surface area contributed by atoms with E-state index in [1.54, 1.807) is 11.3 Å². The van der Waals surface area contributed by atoms with Crippen molar-refractivity contribution in [2.45, 2.75) is 27.7 Å². The van der Waals surface area contributed by atoms with Crippen LogP contribution in [0.2, 0.25) is 0 Å². The number of nitrogens with zero attached hydrogens (tertiary/aromatic N) is 2. The Morgan fingerprint density at radius 3 is 2.69 bits per heavy atom. The number of hydrogen-bond donors (Lipinski definition) is 0. The molecule has 0 radical (unpaired) electrons. The van der Waals surface area contributed by atoms with Crippen LogP contribution in [0.4, 0.5) is 5.00 Å². The van der Waals surface area contributed by atoms with Gasteiger partial charge >= 0.3 is 0 Å². The second-order valence-electron chi connectivity index (χ2n) is 4.00. The van der Waals surface area contributed by atoms with Crippen molar-refractivity contribution in [2.75, 3.05) is 18.0 Å². The lowest BCUT2D eigenvalue weighted by Gasteiger charge is -2.17. The van der Waals surface area contributed by atoms with Gasteiger partial charge in [-0.1, -0.05) is 0 Å². The smallest absolute Gasteiger partial charge is 0.249 e. The van der Waals surface area contributed by atoms with Crippen LogP contribution in [0, 0.1) is 13.8 Å². The summed E-state index contributed by atoms with van der Waals surface area (Å²) < 4.78 is 0. The molecule has 1 aromatic rings. The number of fused-ring (bicyclic) bond motifs is 1.